The monoisotopic (exact) mass is 260 g/mol. The van der Waals surface area contributed by atoms with Gasteiger partial charge in [0.15, 0.2) is 0 Å². The summed E-state index contributed by atoms with van der Waals surface area (Å²) in [4.78, 5) is 23.9. The van der Waals surface area contributed by atoms with Crippen molar-refractivity contribution in [3.63, 3.8) is 0 Å². The van der Waals surface area contributed by atoms with Crippen LogP contribution in [0.4, 0.5) is 4.79 Å². The zero-order valence-corrected chi connectivity index (χ0v) is 11.8. The number of nitrogens with one attached hydrogen (secondary N) is 1. The fourth-order valence-corrected chi connectivity index (χ4v) is 1.30. The second-order valence-electron chi connectivity index (χ2n) is 5.29. The van der Waals surface area contributed by atoms with E-state index in [-0.39, 0.29) is 18.5 Å². The summed E-state index contributed by atoms with van der Waals surface area (Å²) in [7, 11) is 1.56. The Kier molecular flexibility index (Phi) is 6.68. The number of amides is 2. The van der Waals surface area contributed by atoms with Crippen LogP contribution in [0.5, 0.6) is 0 Å². The normalized spacial score (nSPS) is 11.4. The van der Waals surface area contributed by atoms with Crippen LogP contribution in [-0.2, 0) is 9.53 Å². The molecule has 2 N–H and O–H groups in total. The van der Waals surface area contributed by atoms with E-state index in [4.69, 9.17) is 9.84 Å². The molecule has 0 heterocycles. The van der Waals surface area contributed by atoms with Gasteiger partial charge in [0.2, 0.25) is 0 Å². The predicted molar refractivity (Wildman–Crippen MR) is 68.5 cm³/mol. The van der Waals surface area contributed by atoms with E-state index in [0.717, 1.165) is 0 Å². The van der Waals surface area contributed by atoms with Gasteiger partial charge < -0.3 is 20.1 Å². The minimum Gasteiger partial charge on any atom is -0.480 e. The molecule has 0 bridgehead atoms. The Labute approximate surface area is 108 Å². The lowest BCUT2D eigenvalue weighted by molar-refractivity contribution is -0.137. The van der Waals surface area contributed by atoms with E-state index in [1.165, 1.54) is 4.90 Å². The molecule has 2 amide bonds. The summed E-state index contributed by atoms with van der Waals surface area (Å²) in [6.45, 7) is 8.00. The maximum atomic E-state index is 11.9. The van der Waals surface area contributed by atoms with Crippen molar-refractivity contribution in [3.8, 4) is 0 Å². The average Bonchev–Trinajstić information content (AvgIpc) is 2.24. The second-order valence-corrected chi connectivity index (χ2v) is 5.29. The standard InChI is InChI=1S/C12H24N2O4/c1-9(2)6-14(7-10(15)16)11(17)13-8-12(3,4)18-5/h9H,6-8H2,1-5H3,(H,13,17)(H,15,16). The maximum absolute atomic E-state index is 11.9. The van der Waals surface area contributed by atoms with Gasteiger partial charge in [0.25, 0.3) is 0 Å². The van der Waals surface area contributed by atoms with Crippen LogP contribution in [-0.4, -0.2) is 54.4 Å². The van der Waals surface area contributed by atoms with Crippen molar-refractivity contribution in [2.24, 2.45) is 5.92 Å². The number of rotatable bonds is 7. The number of carbonyl (C=O) groups is 2. The highest BCUT2D eigenvalue weighted by atomic mass is 16.5. The molecule has 0 aliphatic carbocycles. The molecule has 0 aromatic heterocycles. The van der Waals surface area contributed by atoms with Gasteiger partial charge in [0, 0.05) is 20.2 Å². The van der Waals surface area contributed by atoms with Crippen LogP contribution in [0, 0.1) is 5.92 Å². The third-order valence-corrected chi connectivity index (χ3v) is 2.42. The van der Waals surface area contributed by atoms with E-state index in [1.807, 2.05) is 27.7 Å². The summed E-state index contributed by atoms with van der Waals surface area (Å²) in [5.41, 5.74) is -0.470. The predicted octanol–water partition coefficient (Wildman–Crippen LogP) is 1.16. The summed E-state index contributed by atoms with van der Waals surface area (Å²) in [6, 6.07) is -0.378. The molecule has 0 aliphatic rings. The zero-order chi connectivity index (χ0) is 14.3. The van der Waals surface area contributed by atoms with Crippen LogP contribution in [0.15, 0.2) is 0 Å². The Morgan fingerprint density at radius 2 is 1.94 bits per heavy atom. The molecule has 0 radical (unpaired) electrons. The molecule has 0 unspecified atom stereocenters. The van der Waals surface area contributed by atoms with Crippen molar-refractivity contribution >= 4 is 12.0 Å². The maximum Gasteiger partial charge on any atom is 0.323 e. The first-order valence-electron chi connectivity index (χ1n) is 5.97. The Bertz CT molecular complexity index is 290. The summed E-state index contributed by atoms with van der Waals surface area (Å²) in [6.07, 6.45) is 0. The van der Waals surface area contributed by atoms with Gasteiger partial charge >= 0.3 is 12.0 Å². The lowest BCUT2D eigenvalue weighted by Crippen LogP contribution is -2.48. The van der Waals surface area contributed by atoms with E-state index in [2.05, 4.69) is 5.32 Å². The number of hydrogen-bond donors (Lipinski definition) is 2. The number of hydrogen-bond acceptors (Lipinski definition) is 3. The van der Waals surface area contributed by atoms with E-state index >= 15 is 0 Å². The topological polar surface area (TPSA) is 78.9 Å². The van der Waals surface area contributed by atoms with Crippen molar-refractivity contribution in [2.45, 2.75) is 33.3 Å². The van der Waals surface area contributed by atoms with E-state index in [1.54, 1.807) is 7.11 Å². The fraction of sp³-hybridized carbons (Fsp3) is 0.833. The quantitative estimate of drug-likeness (QED) is 0.720. The van der Waals surface area contributed by atoms with Crippen molar-refractivity contribution in [1.29, 1.82) is 0 Å². The molecule has 0 saturated carbocycles. The first-order valence-corrected chi connectivity index (χ1v) is 5.97. The number of methoxy groups -OCH3 is 1. The van der Waals surface area contributed by atoms with Gasteiger partial charge in [0.1, 0.15) is 6.54 Å². The number of ether oxygens (including phenoxy) is 1. The highest BCUT2D eigenvalue weighted by Crippen LogP contribution is 2.06. The summed E-state index contributed by atoms with van der Waals surface area (Å²) >= 11 is 0. The van der Waals surface area contributed by atoms with E-state index in [9.17, 15) is 9.59 Å². The lowest BCUT2D eigenvalue weighted by Gasteiger charge is -2.27. The molecule has 18 heavy (non-hydrogen) atoms. The van der Waals surface area contributed by atoms with Crippen LogP contribution in [0.2, 0.25) is 0 Å². The third-order valence-electron chi connectivity index (χ3n) is 2.42. The molecular formula is C12H24N2O4. The molecule has 0 atom stereocenters. The fourth-order valence-electron chi connectivity index (χ4n) is 1.30. The van der Waals surface area contributed by atoms with Gasteiger partial charge in [-0.25, -0.2) is 4.79 Å². The van der Waals surface area contributed by atoms with Gasteiger partial charge in [-0.05, 0) is 19.8 Å². The highest BCUT2D eigenvalue weighted by molar-refractivity contribution is 5.80. The smallest absolute Gasteiger partial charge is 0.323 e. The molecule has 6 nitrogen and oxygen atoms in total. The van der Waals surface area contributed by atoms with Gasteiger partial charge in [-0.2, -0.15) is 0 Å². The average molecular weight is 260 g/mol. The van der Waals surface area contributed by atoms with Crippen molar-refractivity contribution in [2.75, 3.05) is 26.7 Å². The number of nitrogens with zero attached hydrogens (tertiary/aromatic N) is 1. The molecule has 6 heteroatoms. The van der Waals surface area contributed by atoms with Gasteiger partial charge in [-0.3, -0.25) is 4.79 Å². The Balaban J connectivity index is 4.42. The number of carbonyl (C=O) groups excluding carboxylic acids is 1. The number of carboxylic acid groups (broad SMARTS) is 1. The molecule has 0 aliphatic heterocycles. The molecule has 0 saturated heterocycles. The SMILES string of the molecule is COC(C)(C)CNC(=O)N(CC(=O)O)CC(C)C. The Morgan fingerprint density at radius 1 is 1.39 bits per heavy atom. The third kappa shape index (κ3) is 7.11. The second kappa shape index (κ2) is 7.20. The van der Waals surface area contributed by atoms with Crippen LogP contribution < -0.4 is 5.32 Å². The van der Waals surface area contributed by atoms with Crippen LogP contribution in [0.25, 0.3) is 0 Å². The first kappa shape index (κ1) is 16.7. The van der Waals surface area contributed by atoms with Crippen LogP contribution in [0.3, 0.4) is 0 Å². The Morgan fingerprint density at radius 3 is 2.33 bits per heavy atom. The molecule has 0 rings (SSSR count). The molecular weight excluding hydrogens is 236 g/mol. The van der Waals surface area contributed by atoms with Crippen molar-refractivity contribution < 1.29 is 19.4 Å². The molecule has 106 valence electrons. The number of aliphatic carboxylic acids is 1. The van der Waals surface area contributed by atoms with Gasteiger partial charge in [0.05, 0.1) is 5.60 Å². The minimum absolute atomic E-state index is 0.213. The Hall–Kier alpha value is -1.30. The van der Waals surface area contributed by atoms with Crippen molar-refractivity contribution in [3.05, 3.63) is 0 Å². The molecule has 0 aromatic carbocycles. The number of urea groups is 1. The zero-order valence-electron chi connectivity index (χ0n) is 11.8. The van der Waals surface area contributed by atoms with E-state index in [0.29, 0.717) is 13.1 Å². The summed E-state index contributed by atoms with van der Waals surface area (Å²) in [5.74, 6) is -0.803. The largest absolute Gasteiger partial charge is 0.480 e. The summed E-state index contributed by atoms with van der Waals surface area (Å²) in [5, 5.41) is 11.5. The van der Waals surface area contributed by atoms with Gasteiger partial charge in [-0.1, -0.05) is 13.8 Å². The minimum atomic E-state index is -1.02. The molecule has 0 aromatic rings. The number of carboxylic acids is 1. The van der Waals surface area contributed by atoms with Crippen LogP contribution in [0.1, 0.15) is 27.7 Å². The lowest BCUT2D eigenvalue weighted by atomic mass is 10.1. The molecule has 0 spiro atoms. The van der Waals surface area contributed by atoms with Crippen LogP contribution >= 0.6 is 0 Å². The highest BCUT2D eigenvalue weighted by Gasteiger charge is 2.21. The van der Waals surface area contributed by atoms with E-state index < -0.39 is 11.6 Å². The summed E-state index contributed by atoms with van der Waals surface area (Å²) < 4.78 is 5.18. The molecule has 0 fully saturated rings. The first-order chi connectivity index (χ1) is 8.18. The van der Waals surface area contributed by atoms with Crippen molar-refractivity contribution in [1.82, 2.24) is 10.2 Å². The van der Waals surface area contributed by atoms with Gasteiger partial charge in [-0.15, -0.1) is 0 Å².